The van der Waals surface area contributed by atoms with Crippen LogP contribution in [0, 0.1) is 0 Å². The topological polar surface area (TPSA) is 242 Å². The number of aryl methyl sites for hydroxylation is 1. The van der Waals surface area contributed by atoms with Crippen molar-refractivity contribution in [3.63, 3.8) is 0 Å². The lowest BCUT2D eigenvalue weighted by atomic mass is 9.97. The van der Waals surface area contributed by atoms with E-state index < -0.39 is 84.4 Å². The standard InChI is InChI=1S/C32H44N6O11/c1-4-5-6-16-7-9-17(10-8-16)34-28(44)18-11-13-36(2)21(29(45)37(18)3)26(49-31-25(43)22(40)19(15-33)47-31)27-23(41)24(42)30(48-27)38-14-12-20(39)35-32(38)46/h7-12,14,19,21-27,30-31,40-43H,4-6,13,15,33H2,1-3H3,(H,34,44)(H,35,39,46)/t19-,21+,22?,23?,24+,25+,26+,27+,30-,31+/m1/s1. The summed E-state index contributed by atoms with van der Waals surface area (Å²) in [6.45, 7) is 1.96. The predicted octanol–water partition coefficient (Wildman–Crippen LogP) is -2.42. The molecule has 3 aliphatic heterocycles. The Morgan fingerprint density at radius 1 is 1.04 bits per heavy atom. The van der Waals surface area contributed by atoms with Crippen LogP contribution in [0.5, 0.6) is 0 Å². The van der Waals surface area contributed by atoms with Crippen LogP contribution >= 0.6 is 0 Å². The fourth-order valence-corrected chi connectivity index (χ4v) is 6.28. The number of aromatic amines is 1. The van der Waals surface area contributed by atoms with Crippen LogP contribution in [0.2, 0.25) is 0 Å². The third-order valence-electron chi connectivity index (χ3n) is 9.13. The minimum Gasteiger partial charge on any atom is -0.387 e. The molecular weight excluding hydrogens is 644 g/mol. The molecule has 17 heteroatoms. The van der Waals surface area contributed by atoms with Crippen molar-refractivity contribution in [3.05, 3.63) is 74.7 Å². The van der Waals surface area contributed by atoms with Crippen LogP contribution in [0.25, 0.3) is 0 Å². The van der Waals surface area contributed by atoms with Gasteiger partial charge in [0, 0.05) is 38.1 Å². The van der Waals surface area contributed by atoms with Crippen molar-refractivity contribution in [2.75, 3.05) is 32.5 Å². The number of aromatic nitrogens is 2. The molecule has 0 aliphatic carbocycles. The third-order valence-corrected chi connectivity index (χ3v) is 9.13. The van der Waals surface area contributed by atoms with Gasteiger partial charge in [0.05, 0.1) is 0 Å². The van der Waals surface area contributed by atoms with Crippen molar-refractivity contribution in [3.8, 4) is 0 Å². The molecule has 10 atom stereocenters. The molecule has 2 amide bonds. The lowest BCUT2D eigenvalue weighted by Crippen LogP contribution is -2.59. The number of amides is 2. The molecule has 2 fully saturated rings. The van der Waals surface area contributed by atoms with Crippen LogP contribution < -0.4 is 22.3 Å². The van der Waals surface area contributed by atoms with Gasteiger partial charge in [-0.2, -0.15) is 0 Å². The Bertz CT molecular complexity index is 1630. The summed E-state index contributed by atoms with van der Waals surface area (Å²) in [5.74, 6) is -1.24. The van der Waals surface area contributed by atoms with Crippen LogP contribution in [-0.4, -0.2) is 134 Å². The van der Waals surface area contributed by atoms with Crippen molar-refractivity contribution in [1.82, 2.24) is 19.4 Å². The van der Waals surface area contributed by atoms with Gasteiger partial charge in [-0.25, -0.2) is 4.79 Å². The largest absolute Gasteiger partial charge is 0.387 e. The fourth-order valence-electron chi connectivity index (χ4n) is 6.28. The van der Waals surface area contributed by atoms with Gasteiger partial charge in [0.2, 0.25) is 5.91 Å². The number of hydrogen-bond donors (Lipinski definition) is 7. The average Bonchev–Trinajstić information content (AvgIpc) is 3.48. The number of H-pyrrole nitrogens is 1. The molecule has 2 saturated heterocycles. The summed E-state index contributed by atoms with van der Waals surface area (Å²) in [5, 5.41) is 46.3. The molecule has 8 N–H and O–H groups in total. The highest BCUT2D eigenvalue weighted by Crippen LogP contribution is 2.36. The number of rotatable bonds is 11. The molecule has 0 spiro atoms. The number of ether oxygens (including phenoxy) is 3. The highest BCUT2D eigenvalue weighted by Gasteiger charge is 2.55. The van der Waals surface area contributed by atoms with E-state index in [1.54, 1.807) is 25.3 Å². The maximum absolute atomic E-state index is 14.3. The summed E-state index contributed by atoms with van der Waals surface area (Å²) in [6.07, 6.45) is -8.12. The second-order valence-electron chi connectivity index (χ2n) is 12.5. The first-order chi connectivity index (χ1) is 23.4. The average molecular weight is 689 g/mol. The third kappa shape index (κ3) is 7.54. The molecule has 0 bridgehead atoms. The van der Waals surface area contributed by atoms with E-state index in [1.165, 1.54) is 11.9 Å². The molecule has 2 unspecified atom stereocenters. The SMILES string of the molecule is CCCCc1ccc(NC(=O)C2=CCN(C)[C@@H]([C@H](O[C@@H]3O[C@H](CN)C(O)[C@@H]3O)[C@H]3O[C@@H](n4ccc(=O)[nH]c4=O)[C@@H](O)C3O)C(=O)N2C)cc1. The van der Waals surface area contributed by atoms with E-state index >= 15 is 0 Å². The van der Waals surface area contributed by atoms with Gasteiger partial charge in [-0.15, -0.1) is 0 Å². The summed E-state index contributed by atoms with van der Waals surface area (Å²) in [7, 11) is 2.95. The predicted molar refractivity (Wildman–Crippen MR) is 173 cm³/mol. The molecule has 268 valence electrons. The first kappa shape index (κ1) is 36.5. The van der Waals surface area contributed by atoms with Gasteiger partial charge >= 0.3 is 5.69 Å². The lowest BCUT2D eigenvalue weighted by molar-refractivity contribution is -0.232. The summed E-state index contributed by atoms with van der Waals surface area (Å²) < 4.78 is 18.6. The van der Waals surface area contributed by atoms with Gasteiger partial charge in [-0.1, -0.05) is 25.5 Å². The summed E-state index contributed by atoms with van der Waals surface area (Å²) in [4.78, 5) is 56.6. The minimum absolute atomic E-state index is 0.0227. The van der Waals surface area contributed by atoms with E-state index in [-0.39, 0.29) is 18.8 Å². The zero-order valence-electron chi connectivity index (χ0n) is 27.4. The number of unbranched alkanes of at least 4 members (excludes halogenated alkanes) is 1. The second kappa shape index (κ2) is 15.4. The van der Waals surface area contributed by atoms with E-state index in [0.29, 0.717) is 5.69 Å². The van der Waals surface area contributed by atoms with Gasteiger partial charge < -0.3 is 50.6 Å². The molecule has 5 rings (SSSR count). The molecule has 2 aromatic rings. The number of hydrogen-bond acceptors (Lipinski definition) is 13. The van der Waals surface area contributed by atoms with E-state index in [2.05, 4.69) is 17.2 Å². The second-order valence-corrected chi connectivity index (χ2v) is 12.5. The number of nitrogens with one attached hydrogen (secondary N) is 2. The Hall–Kier alpha value is -3.78. The van der Waals surface area contributed by atoms with Gasteiger partial charge in [0.15, 0.2) is 12.5 Å². The molecule has 17 nitrogen and oxygen atoms in total. The minimum atomic E-state index is -1.77. The van der Waals surface area contributed by atoms with Gasteiger partial charge in [-0.05, 0) is 43.7 Å². The van der Waals surface area contributed by atoms with Crippen LogP contribution in [-0.2, 0) is 30.2 Å². The number of anilines is 1. The summed E-state index contributed by atoms with van der Waals surface area (Å²) in [6, 6.07) is 7.10. The maximum Gasteiger partial charge on any atom is 0.330 e. The van der Waals surface area contributed by atoms with Gasteiger partial charge in [0.1, 0.15) is 54.5 Å². The Morgan fingerprint density at radius 3 is 2.39 bits per heavy atom. The Kier molecular flexibility index (Phi) is 11.5. The van der Waals surface area contributed by atoms with Crippen LogP contribution in [0.4, 0.5) is 5.69 Å². The lowest BCUT2D eigenvalue weighted by Gasteiger charge is -2.38. The Labute approximate surface area is 281 Å². The monoisotopic (exact) mass is 688 g/mol. The summed E-state index contributed by atoms with van der Waals surface area (Å²) >= 11 is 0. The highest BCUT2D eigenvalue weighted by molar-refractivity contribution is 6.06. The van der Waals surface area contributed by atoms with Crippen molar-refractivity contribution in [1.29, 1.82) is 0 Å². The number of nitrogens with two attached hydrogens (primary N) is 1. The smallest absolute Gasteiger partial charge is 0.330 e. The molecule has 3 aliphatic rings. The van der Waals surface area contributed by atoms with Crippen molar-refractivity contribution in [2.24, 2.45) is 5.73 Å². The fraction of sp³-hybridized carbons (Fsp3) is 0.562. The molecule has 1 aromatic carbocycles. The number of benzene rings is 1. The Balaban J connectivity index is 1.43. The van der Waals surface area contributed by atoms with Crippen LogP contribution in [0.1, 0.15) is 31.6 Å². The zero-order chi connectivity index (χ0) is 35.6. The first-order valence-corrected chi connectivity index (χ1v) is 16.1. The normalized spacial score (nSPS) is 31.4. The zero-order valence-corrected chi connectivity index (χ0v) is 27.4. The van der Waals surface area contributed by atoms with Crippen LogP contribution in [0.15, 0.2) is 57.9 Å². The van der Waals surface area contributed by atoms with Crippen molar-refractivity contribution in [2.45, 2.75) is 87.5 Å². The van der Waals surface area contributed by atoms with E-state index in [9.17, 15) is 39.6 Å². The van der Waals surface area contributed by atoms with Gasteiger partial charge in [-0.3, -0.25) is 28.8 Å². The van der Waals surface area contributed by atoms with Crippen molar-refractivity contribution >= 4 is 17.5 Å². The molecule has 4 heterocycles. The number of aliphatic hydroxyl groups is 4. The molecular formula is C32H44N6O11. The number of nitrogens with zero attached hydrogens (tertiary/aromatic N) is 3. The van der Waals surface area contributed by atoms with Crippen molar-refractivity contribution < 1.29 is 44.2 Å². The number of carbonyl (C=O) groups is 2. The Morgan fingerprint density at radius 2 is 1.76 bits per heavy atom. The number of carbonyl (C=O) groups excluding carboxylic acids is 2. The highest BCUT2D eigenvalue weighted by atomic mass is 16.7. The van der Waals surface area contributed by atoms with E-state index in [0.717, 1.165) is 46.6 Å². The molecule has 1 aromatic heterocycles. The molecule has 49 heavy (non-hydrogen) atoms. The van der Waals surface area contributed by atoms with Gasteiger partial charge in [0.25, 0.3) is 11.5 Å². The summed E-state index contributed by atoms with van der Waals surface area (Å²) in [5.41, 5.74) is 5.74. The van der Waals surface area contributed by atoms with E-state index in [4.69, 9.17) is 19.9 Å². The maximum atomic E-state index is 14.3. The number of aliphatic hydroxyl groups excluding tert-OH is 4. The quantitative estimate of drug-likeness (QED) is 0.130. The van der Waals surface area contributed by atoms with Crippen LogP contribution in [0.3, 0.4) is 0 Å². The first-order valence-electron chi connectivity index (χ1n) is 16.1. The molecule has 0 saturated carbocycles. The number of likely N-dealkylation sites (N-methyl/N-ethyl adjacent to an activating group) is 2. The van der Waals surface area contributed by atoms with E-state index in [1.807, 2.05) is 12.1 Å². The molecule has 0 radical (unpaired) electrons.